The van der Waals surface area contributed by atoms with Crippen LogP contribution in [0.25, 0.3) is 11.2 Å². The molecule has 0 spiro atoms. The molecule has 108 valence electrons. The van der Waals surface area contributed by atoms with Gasteiger partial charge in [-0.25, -0.2) is 14.4 Å². The van der Waals surface area contributed by atoms with Crippen LogP contribution in [0.5, 0.6) is 0 Å². The van der Waals surface area contributed by atoms with Crippen molar-refractivity contribution in [1.29, 1.82) is 0 Å². The van der Waals surface area contributed by atoms with Gasteiger partial charge in [0.05, 0.1) is 11.6 Å². The molecule has 1 aromatic carbocycles. The monoisotopic (exact) mass is 305 g/mol. The summed E-state index contributed by atoms with van der Waals surface area (Å²) in [6.07, 6.45) is 2.09. The summed E-state index contributed by atoms with van der Waals surface area (Å²) in [7, 11) is 0. The lowest BCUT2D eigenvalue weighted by Crippen LogP contribution is -2.08. The maximum atomic E-state index is 13.0. The summed E-state index contributed by atoms with van der Waals surface area (Å²) in [5.41, 5.74) is 2.32. The molecule has 21 heavy (non-hydrogen) atoms. The number of pyridine rings is 1. The van der Waals surface area contributed by atoms with E-state index in [0.29, 0.717) is 29.2 Å². The average molecular weight is 306 g/mol. The quantitative estimate of drug-likeness (QED) is 0.806. The Kier molecular flexibility index (Phi) is 3.86. The molecule has 4 nitrogen and oxygen atoms in total. The number of halogens is 2. The van der Waals surface area contributed by atoms with E-state index >= 15 is 0 Å². The van der Waals surface area contributed by atoms with Crippen LogP contribution in [0.1, 0.15) is 11.4 Å². The predicted octanol–water partition coefficient (Wildman–Crippen LogP) is 2.81. The number of aliphatic hydroxyl groups excluding tert-OH is 1. The zero-order valence-corrected chi connectivity index (χ0v) is 11.9. The second-order valence-electron chi connectivity index (χ2n) is 4.70. The second-order valence-corrected chi connectivity index (χ2v) is 5.14. The minimum absolute atomic E-state index is 0.00775. The minimum atomic E-state index is -0.268. The van der Waals surface area contributed by atoms with E-state index in [1.807, 2.05) is 4.57 Å². The fourth-order valence-corrected chi connectivity index (χ4v) is 2.44. The Hall–Kier alpha value is -1.98. The van der Waals surface area contributed by atoms with Crippen molar-refractivity contribution in [3.63, 3.8) is 0 Å². The number of hydrogen-bond donors (Lipinski definition) is 1. The number of rotatable bonds is 4. The molecule has 0 bridgehead atoms. The highest BCUT2D eigenvalue weighted by atomic mass is 35.5. The summed E-state index contributed by atoms with van der Waals surface area (Å²) in [4.78, 5) is 8.79. The zero-order chi connectivity index (χ0) is 14.8. The molecule has 3 rings (SSSR count). The summed E-state index contributed by atoms with van der Waals surface area (Å²) in [6, 6.07) is 8.02. The highest BCUT2D eigenvalue weighted by molar-refractivity contribution is 6.31. The SMILES string of the molecule is OCCn1c(Cc2ccc(F)cc2)nc2cc(Cl)cnc21. The summed E-state index contributed by atoms with van der Waals surface area (Å²) < 4.78 is 14.8. The third-order valence-electron chi connectivity index (χ3n) is 3.23. The van der Waals surface area contributed by atoms with E-state index in [-0.39, 0.29) is 12.4 Å². The van der Waals surface area contributed by atoms with Gasteiger partial charge >= 0.3 is 0 Å². The van der Waals surface area contributed by atoms with E-state index in [1.54, 1.807) is 24.4 Å². The molecule has 0 atom stereocenters. The van der Waals surface area contributed by atoms with E-state index in [4.69, 9.17) is 11.6 Å². The maximum Gasteiger partial charge on any atom is 0.160 e. The van der Waals surface area contributed by atoms with Crippen LogP contribution in [0, 0.1) is 5.82 Å². The Balaban J connectivity index is 2.03. The van der Waals surface area contributed by atoms with Crippen molar-refractivity contribution in [1.82, 2.24) is 14.5 Å². The Morgan fingerprint density at radius 2 is 2.00 bits per heavy atom. The summed E-state index contributed by atoms with van der Waals surface area (Å²) in [5, 5.41) is 9.75. The molecule has 2 heterocycles. The first-order valence-corrected chi connectivity index (χ1v) is 6.91. The molecular weight excluding hydrogens is 293 g/mol. The van der Waals surface area contributed by atoms with Crippen LogP contribution in [0.2, 0.25) is 5.02 Å². The standard InChI is InChI=1S/C15H13ClFN3O/c16-11-8-13-15(18-9-11)20(5-6-21)14(19-13)7-10-1-3-12(17)4-2-10/h1-4,8-9,21H,5-7H2. The molecular formula is C15H13ClFN3O. The Morgan fingerprint density at radius 1 is 1.24 bits per heavy atom. The number of imidazole rings is 1. The fourth-order valence-electron chi connectivity index (χ4n) is 2.29. The normalized spacial score (nSPS) is 11.2. The van der Waals surface area contributed by atoms with Crippen molar-refractivity contribution in [2.24, 2.45) is 0 Å². The van der Waals surface area contributed by atoms with E-state index in [1.165, 1.54) is 12.1 Å². The highest BCUT2D eigenvalue weighted by Crippen LogP contribution is 2.20. The van der Waals surface area contributed by atoms with E-state index in [0.717, 1.165) is 11.4 Å². The molecule has 2 aromatic heterocycles. The van der Waals surface area contributed by atoms with E-state index in [2.05, 4.69) is 9.97 Å². The Bertz CT molecular complexity index is 770. The van der Waals surface area contributed by atoms with Crippen molar-refractivity contribution in [3.05, 3.63) is 58.8 Å². The van der Waals surface area contributed by atoms with E-state index in [9.17, 15) is 9.50 Å². The predicted molar refractivity (Wildman–Crippen MR) is 78.8 cm³/mol. The lowest BCUT2D eigenvalue weighted by Gasteiger charge is -2.06. The Labute approximate surface area is 125 Å². The van der Waals surface area contributed by atoms with Crippen molar-refractivity contribution in [3.8, 4) is 0 Å². The van der Waals surface area contributed by atoms with Gasteiger partial charge in [0.1, 0.15) is 17.2 Å². The lowest BCUT2D eigenvalue weighted by molar-refractivity contribution is 0.276. The lowest BCUT2D eigenvalue weighted by atomic mass is 10.1. The first-order valence-electron chi connectivity index (χ1n) is 6.53. The van der Waals surface area contributed by atoms with Gasteiger partial charge in [-0.3, -0.25) is 0 Å². The van der Waals surface area contributed by atoms with Crippen molar-refractivity contribution >= 4 is 22.8 Å². The van der Waals surface area contributed by atoms with Gasteiger partial charge in [0.2, 0.25) is 0 Å². The largest absolute Gasteiger partial charge is 0.395 e. The maximum absolute atomic E-state index is 13.0. The van der Waals surface area contributed by atoms with Gasteiger partial charge in [-0.15, -0.1) is 0 Å². The molecule has 0 saturated carbocycles. The van der Waals surface area contributed by atoms with Gasteiger partial charge in [0.25, 0.3) is 0 Å². The third kappa shape index (κ3) is 2.89. The fraction of sp³-hybridized carbons (Fsp3) is 0.200. The van der Waals surface area contributed by atoms with Crippen molar-refractivity contribution in [2.45, 2.75) is 13.0 Å². The van der Waals surface area contributed by atoms with E-state index < -0.39 is 0 Å². The molecule has 0 unspecified atom stereocenters. The van der Waals surface area contributed by atoms with Gasteiger partial charge in [-0.2, -0.15) is 0 Å². The van der Waals surface area contributed by atoms with Gasteiger partial charge in [0.15, 0.2) is 5.65 Å². The van der Waals surface area contributed by atoms with Gasteiger partial charge in [0, 0.05) is 19.2 Å². The average Bonchev–Trinajstić information content (AvgIpc) is 2.79. The molecule has 0 aliphatic carbocycles. The first-order chi connectivity index (χ1) is 10.2. The molecule has 0 amide bonds. The van der Waals surface area contributed by atoms with Crippen LogP contribution in [-0.4, -0.2) is 26.2 Å². The number of hydrogen-bond acceptors (Lipinski definition) is 3. The van der Waals surface area contributed by atoms with Gasteiger partial charge in [-0.1, -0.05) is 23.7 Å². The topological polar surface area (TPSA) is 50.9 Å². The number of nitrogens with zero attached hydrogens (tertiary/aromatic N) is 3. The molecule has 0 aliphatic rings. The summed E-state index contributed by atoms with van der Waals surface area (Å²) in [6.45, 7) is 0.397. The number of fused-ring (bicyclic) bond motifs is 1. The summed E-state index contributed by atoms with van der Waals surface area (Å²) in [5.74, 6) is 0.497. The number of aromatic nitrogens is 3. The minimum Gasteiger partial charge on any atom is -0.395 e. The van der Waals surface area contributed by atoms with Crippen LogP contribution in [0.3, 0.4) is 0 Å². The molecule has 6 heteroatoms. The number of benzene rings is 1. The van der Waals surface area contributed by atoms with Crippen molar-refractivity contribution in [2.75, 3.05) is 6.61 Å². The smallest absolute Gasteiger partial charge is 0.160 e. The molecule has 0 saturated heterocycles. The molecule has 0 aliphatic heterocycles. The van der Waals surface area contributed by atoms with Gasteiger partial charge in [-0.05, 0) is 23.8 Å². The molecule has 0 radical (unpaired) electrons. The highest BCUT2D eigenvalue weighted by Gasteiger charge is 2.12. The number of aliphatic hydroxyl groups is 1. The zero-order valence-electron chi connectivity index (χ0n) is 11.1. The molecule has 0 fully saturated rings. The third-order valence-corrected chi connectivity index (χ3v) is 3.44. The molecule has 1 N–H and O–H groups in total. The van der Waals surface area contributed by atoms with Crippen LogP contribution < -0.4 is 0 Å². The van der Waals surface area contributed by atoms with Gasteiger partial charge < -0.3 is 9.67 Å². The van der Waals surface area contributed by atoms with Crippen LogP contribution in [0.15, 0.2) is 36.5 Å². The second kappa shape index (κ2) is 5.79. The van der Waals surface area contributed by atoms with Crippen LogP contribution >= 0.6 is 11.6 Å². The first kappa shape index (κ1) is 14.0. The van der Waals surface area contributed by atoms with Crippen LogP contribution in [0.4, 0.5) is 4.39 Å². The van der Waals surface area contributed by atoms with Crippen LogP contribution in [-0.2, 0) is 13.0 Å². The van der Waals surface area contributed by atoms with Crippen molar-refractivity contribution < 1.29 is 9.50 Å². The summed E-state index contributed by atoms with van der Waals surface area (Å²) >= 11 is 5.93. The Morgan fingerprint density at radius 3 is 2.71 bits per heavy atom. The molecule has 3 aromatic rings.